The van der Waals surface area contributed by atoms with Crippen molar-refractivity contribution < 1.29 is 0 Å². The number of halogens is 2. The first kappa shape index (κ1) is 15.4. The monoisotopic (exact) mass is 310 g/mol. The Morgan fingerprint density at radius 1 is 1.30 bits per heavy atom. The molecule has 4 heteroatoms. The zero-order valence-electron chi connectivity index (χ0n) is 12.0. The fourth-order valence-corrected chi connectivity index (χ4v) is 2.75. The van der Waals surface area contributed by atoms with E-state index in [0.717, 1.165) is 43.8 Å². The van der Waals surface area contributed by atoms with E-state index in [9.17, 15) is 0 Å². The van der Waals surface area contributed by atoms with Gasteiger partial charge in [0.15, 0.2) is 0 Å². The quantitative estimate of drug-likeness (QED) is 0.683. The predicted molar refractivity (Wildman–Crippen MR) is 88.2 cm³/mol. The van der Waals surface area contributed by atoms with E-state index in [-0.39, 0.29) is 0 Å². The zero-order valence-corrected chi connectivity index (χ0v) is 13.5. The smallest absolute Gasteiger partial charge is 0.109 e. The van der Waals surface area contributed by atoms with Crippen LogP contribution in [-0.2, 0) is 0 Å². The number of allylic oxidation sites excluding steroid dienone is 1. The van der Waals surface area contributed by atoms with Crippen LogP contribution < -0.4 is 0 Å². The zero-order chi connectivity index (χ0) is 14.5. The van der Waals surface area contributed by atoms with Gasteiger partial charge in [-0.2, -0.15) is 0 Å². The molecule has 1 aliphatic rings. The van der Waals surface area contributed by atoms with Crippen LogP contribution in [0.4, 0.5) is 5.69 Å². The average Bonchev–Trinajstić information content (AvgIpc) is 2.86. The molecule has 1 aromatic carbocycles. The van der Waals surface area contributed by atoms with Crippen LogP contribution in [0.25, 0.3) is 0 Å². The Balaban J connectivity index is 2.26. The molecule has 20 heavy (non-hydrogen) atoms. The van der Waals surface area contributed by atoms with Gasteiger partial charge in [0.05, 0.1) is 10.7 Å². The van der Waals surface area contributed by atoms with Gasteiger partial charge in [0.25, 0.3) is 0 Å². The summed E-state index contributed by atoms with van der Waals surface area (Å²) in [5, 5.41) is 1.24. The molecule has 1 aromatic rings. The first-order chi connectivity index (χ1) is 9.63. The number of aliphatic imine (C=N–C) groups is 1. The van der Waals surface area contributed by atoms with Gasteiger partial charge in [-0.1, -0.05) is 42.6 Å². The van der Waals surface area contributed by atoms with E-state index in [1.807, 2.05) is 12.1 Å². The van der Waals surface area contributed by atoms with Crippen molar-refractivity contribution in [3.05, 3.63) is 40.0 Å². The van der Waals surface area contributed by atoms with Gasteiger partial charge in [-0.3, -0.25) is 0 Å². The van der Waals surface area contributed by atoms with E-state index < -0.39 is 0 Å². The molecule has 0 spiro atoms. The largest absolute Gasteiger partial charge is 0.337 e. The maximum absolute atomic E-state index is 6.19. The minimum Gasteiger partial charge on any atom is -0.337 e. The molecule has 1 heterocycles. The van der Waals surface area contributed by atoms with Crippen molar-refractivity contribution in [1.82, 2.24) is 4.90 Å². The van der Waals surface area contributed by atoms with Crippen LogP contribution in [-0.4, -0.2) is 17.3 Å². The predicted octanol–water partition coefficient (Wildman–Crippen LogP) is 5.82. The number of benzene rings is 1. The fraction of sp³-hybridized carbons (Fsp3) is 0.438. The van der Waals surface area contributed by atoms with E-state index >= 15 is 0 Å². The summed E-state index contributed by atoms with van der Waals surface area (Å²) in [6, 6.07) is 5.44. The van der Waals surface area contributed by atoms with Crippen LogP contribution in [0.15, 0.2) is 35.0 Å². The molecule has 0 N–H and O–H groups in total. The Hall–Kier alpha value is -0.990. The number of hydrogen-bond acceptors (Lipinski definition) is 1. The molecule has 0 radical (unpaired) electrons. The SMILES string of the molecule is CCC(=CN1CCCC1=Nc1ccc(Cl)cc1Cl)CC. The van der Waals surface area contributed by atoms with Crippen LogP contribution in [0.1, 0.15) is 39.5 Å². The van der Waals surface area contributed by atoms with Gasteiger partial charge < -0.3 is 4.90 Å². The third-order valence-electron chi connectivity index (χ3n) is 3.54. The van der Waals surface area contributed by atoms with Crippen molar-refractivity contribution in [2.75, 3.05) is 6.54 Å². The number of likely N-dealkylation sites (tertiary alicyclic amines) is 1. The van der Waals surface area contributed by atoms with Crippen LogP contribution in [0.5, 0.6) is 0 Å². The maximum Gasteiger partial charge on any atom is 0.109 e. The molecule has 0 aromatic heterocycles. The maximum atomic E-state index is 6.19. The summed E-state index contributed by atoms with van der Waals surface area (Å²) < 4.78 is 0. The number of rotatable bonds is 4. The summed E-state index contributed by atoms with van der Waals surface area (Å²) in [6.45, 7) is 5.42. The van der Waals surface area contributed by atoms with Crippen molar-refractivity contribution in [2.24, 2.45) is 4.99 Å². The van der Waals surface area contributed by atoms with E-state index in [0.29, 0.717) is 10.0 Å². The topological polar surface area (TPSA) is 15.6 Å². The molecule has 2 nitrogen and oxygen atoms in total. The van der Waals surface area contributed by atoms with Crippen LogP contribution in [0.3, 0.4) is 0 Å². The van der Waals surface area contributed by atoms with Crippen molar-refractivity contribution >= 4 is 34.7 Å². The first-order valence-electron chi connectivity index (χ1n) is 7.12. The van der Waals surface area contributed by atoms with E-state index in [1.165, 1.54) is 5.57 Å². The van der Waals surface area contributed by atoms with Crippen molar-refractivity contribution in [1.29, 1.82) is 0 Å². The van der Waals surface area contributed by atoms with Crippen LogP contribution in [0.2, 0.25) is 10.0 Å². The van der Waals surface area contributed by atoms with E-state index in [4.69, 9.17) is 28.2 Å². The molecule has 2 rings (SSSR count). The Bertz CT molecular complexity index is 529. The lowest BCUT2D eigenvalue weighted by atomic mass is 10.2. The molecular weight excluding hydrogens is 291 g/mol. The summed E-state index contributed by atoms with van der Waals surface area (Å²) in [4.78, 5) is 6.97. The molecule has 0 atom stereocenters. The minimum absolute atomic E-state index is 0.604. The van der Waals surface area contributed by atoms with Gasteiger partial charge in [-0.25, -0.2) is 4.99 Å². The molecule has 1 aliphatic heterocycles. The second-order valence-electron chi connectivity index (χ2n) is 4.92. The molecule has 0 aliphatic carbocycles. The van der Waals surface area contributed by atoms with Crippen molar-refractivity contribution in [2.45, 2.75) is 39.5 Å². The van der Waals surface area contributed by atoms with Crippen LogP contribution >= 0.6 is 23.2 Å². The molecule has 0 bridgehead atoms. The molecule has 0 saturated carbocycles. The molecule has 1 fully saturated rings. The number of amidine groups is 1. The summed E-state index contributed by atoms with van der Waals surface area (Å²) in [5.41, 5.74) is 2.24. The Kier molecular flexibility index (Phi) is 5.50. The highest BCUT2D eigenvalue weighted by Gasteiger charge is 2.17. The van der Waals surface area contributed by atoms with Gasteiger partial charge in [-0.05, 0) is 37.5 Å². The number of nitrogens with zero attached hydrogens (tertiary/aromatic N) is 2. The molecule has 1 saturated heterocycles. The lowest BCUT2D eigenvalue weighted by Crippen LogP contribution is -2.18. The lowest BCUT2D eigenvalue weighted by Gasteiger charge is -2.16. The summed E-state index contributed by atoms with van der Waals surface area (Å²) in [5.74, 6) is 1.09. The third-order valence-corrected chi connectivity index (χ3v) is 4.07. The fourth-order valence-electron chi connectivity index (χ4n) is 2.30. The highest BCUT2D eigenvalue weighted by atomic mass is 35.5. The van der Waals surface area contributed by atoms with Crippen molar-refractivity contribution in [3.8, 4) is 0 Å². The van der Waals surface area contributed by atoms with Crippen LogP contribution in [0, 0.1) is 0 Å². The Morgan fingerprint density at radius 2 is 2.05 bits per heavy atom. The van der Waals surface area contributed by atoms with Crippen molar-refractivity contribution in [3.63, 3.8) is 0 Å². The molecular formula is C16H20Cl2N2. The highest BCUT2D eigenvalue weighted by Crippen LogP contribution is 2.29. The Labute approximate surface area is 131 Å². The third kappa shape index (κ3) is 3.77. The van der Waals surface area contributed by atoms with Gasteiger partial charge in [0.2, 0.25) is 0 Å². The average molecular weight is 311 g/mol. The Morgan fingerprint density at radius 3 is 2.70 bits per heavy atom. The second kappa shape index (κ2) is 7.14. The van der Waals surface area contributed by atoms with Gasteiger partial charge in [0.1, 0.15) is 5.84 Å². The minimum atomic E-state index is 0.604. The molecule has 108 valence electrons. The molecule has 0 amide bonds. The highest BCUT2D eigenvalue weighted by molar-refractivity contribution is 6.36. The van der Waals surface area contributed by atoms with Gasteiger partial charge in [0, 0.05) is 24.2 Å². The lowest BCUT2D eigenvalue weighted by molar-refractivity contribution is 0.592. The summed E-state index contributed by atoms with van der Waals surface area (Å²) in [7, 11) is 0. The van der Waals surface area contributed by atoms with Gasteiger partial charge >= 0.3 is 0 Å². The summed E-state index contributed by atoms with van der Waals surface area (Å²) in [6.07, 6.45) is 6.55. The standard InChI is InChI=1S/C16H20Cl2N2/c1-3-12(4-2)11-20-9-5-6-16(20)19-15-8-7-13(17)10-14(15)18/h7-8,10-11H,3-6,9H2,1-2H3. The van der Waals surface area contributed by atoms with E-state index in [2.05, 4.69) is 24.9 Å². The first-order valence-corrected chi connectivity index (χ1v) is 7.88. The summed E-state index contributed by atoms with van der Waals surface area (Å²) >= 11 is 12.1. The second-order valence-corrected chi connectivity index (χ2v) is 5.76. The molecule has 0 unspecified atom stereocenters. The van der Waals surface area contributed by atoms with Gasteiger partial charge in [-0.15, -0.1) is 0 Å². The number of hydrogen-bond donors (Lipinski definition) is 0. The van der Waals surface area contributed by atoms with E-state index in [1.54, 1.807) is 6.07 Å². The normalized spacial score (nSPS) is 16.8.